The summed E-state index contributed by atoms with van der Waals surface area (Å²) in [4.78, 5) is 22.7. The molecule has 0 bridgehead atoms. The molecule has 2 rings (SSSR count). The molecule has 5 heteroatoms. The van der Waals surface area contributed by atoms with Gasteiger partial charge in [0.1, 0.15) is 0 Å². The van der Waals surface area contributed by atoms with Gasteiger partial charge in [0, 0.05) is 16.7 Å². The minimum absolute atomic E-state index is 0.0722. The fourth-order valence-corrected chi connectivity index (χ4v) is 2.05. The van der Waals surface area contributed by atoms with Crippen LogP contribution in [0.3, 0.4) is 0 Å². The lowest BCUT2D eigenvalue weighted by atomic mass is 10.2. The molecule has 0 aliphatic carbocycles. The molecule has 2 aromatic rings. The van der Waals surface area contributed by atoms with Crippen molar-refractivity contribution in [1.82, 2.24) is 4.57 Å². The zero-order chi connectivity index (χ0) is 13.3. The van der Waals surface area contributed by atoms with E-state index in [9.17, 15) is 9.59 Å². The van der Waals surface area contributed by atoms with Crippen molar-refractivity contribution in [3.05, 3.63) is 62.5 Å². The molecule has 0 spiro atoms. The first kappa shape index (κ1) is 12.6. The van der Waals surface area contributed by atoms with Gasteiger partial charge in [0.25, 0.3) is 5.56 Å². The molecular formula is C13H10BrNO3. The third-order valence-electron chi connectivity index (χ3n) is 2.52. The van der Waals surface area contributed by atoms with E-state index in [1.807, 2.05) is 25.1 Å². The van der Waals surface area contributed by atoms with Gasteiger partial charge in [-0.25, -0.2) is 4.79 Å². The lowest BCUT2D eigenvalue weighted by Crippen LogP contribution is -2.18. The fourth-order valence-electron chi connectivity index (χ4n) is 1.61. The van der Waals surface area contributed by atoms with Gasteiger partial charge in [-0.1, -0.05) is 6.07 Å². The lowest BCUT2D eigenvalue weighted by Gasteiger charge is -2.09. The van der Waals surface area contributed by atoms with Gasteiger partial charge in [-0.3, -0.25) is 9.36 Å². The lowest BCUT2D eigenvalue weighted by molar-refractivity contribution is 0.0696. The molecule has 92 valence electrons. The van der Waals surface area contributed by atoms with Gasteiger partial charge in [-0.05, 0) is 46.6 Å². The van der Waals surface area contributed by atoms with Crippen molar-refractivity contribution >= 4 is 21.9 Å². The highest BCUT2D eigenvalue weighted by atomic mass is 79.9. The summed E-state index contributed by atoms with van der Waals surface area (Å²) in [5.74, 6) is -1.06. The molecule has 1 aromatic heterocycles. The maximum Gasteiger partial charge on any atom is 0.337 e. The minimum Gasteiger partial charge on any atom is -0.478 e. The Balaban J connectivity index is 2.70. The average molecular weight is 308 g/mol. The number of nitrogens with zero attached hydrogens (tertiary/aromatic N) is 1. The van der Waals surface area contributed by atoms with E-state index in [-0.39, 0.29) is 11.1 Å². The first-order chi connectivity index (χ1) is 8.49. The van der Waals surface area contributed by atoms with E-state index < -0.39 is 5.97 Å². The Morgan fingerprint density at radius 1 is 1.28 bits per heavy atom. The number of aryl methyl sites for hydroxylation is 1. The smallest absolute Gasteiger partial charge is 0.337 e. The molecule has 0 atom stereocenters. The number of carboxylic acid groups (broad SMARTS) is 1. The average Bonchev–Trinajstić information content (AvgIpc) is 2.33. The monoisotopic (exact) mass is 307 g/mol. The predicted octanol–water partition coefficient (Wildman–Crippen LogP) is 2.61. The molecular weight excluding hydrogens is 298 g/mol. The number of carboxylic acids is 1. The Labute approximate surface area is 112 Å². The summed E-state index contributed by atoms with van der Waals surface area (Å²) in [5.41, 5.74) is 1.42. The summed E-state index contributed by atoms with van der Waals surface area (Å²) in [5, 5.41) is 8.94. The number of hydrogen-bond donors (Lipinski definition) is 1. The maximum atomic E-state index is 11.8. The third-order valence-corrected chi connectivity index (χ3v) is 3.19. The second kappa shape index (κ2) is 4.78. The summed E-state index contributed by atoms with van der Waals surface area (Å²) >= 11 is 3.36. The Bertz CT molecular complexity index is 676. The van der Waals surface area contributed by atoms with E-state index in [1.165, 1.54) is 22.9 Å². The molecule has 1 aromatic carbocycles. The first-order valence-electron chi connectivity index (χ1n) is 5.21. The van der Waals surface area contributed by atoms with E-state index in [1.54, 1.807) is 0 Å². The van der Waals surface area contributed by atoms with Crippen molar-refractivity contribution in [1.29, 1.82) is 0 Å². The van der Waals surface area contributed by atoms with Crippen LogP contribution in [-0.2, 0) is 0 Å². The predicted molar refractivity (Wildman–Crippen MR) is 71.4 cm³/mol. The van der Waals surface area contributed by atoms with Gasteiger partial charge in [0.15, 0.2) is 0 Å². The second-order valence-electron chi connectivity index (χ2n) is 3.89. The second-order valence-corrected chi connectivity index (χ2v) is 4.74. The van der Waals surface area contributed by atoms with Crippen LogP contribution in [0.2, 0.25) is 0 Å². The molecule has 4 nitrogen and oxygen atoms in total. The number of hydrogen-bond acceptors (Lipinski definition) is 2. The van der Waals surface area contributed by atoms with Gasteiger partial charge >= 0.3 is 5.97 Å². The summed E-state index contributed by atoms with van der Waals surface area (Å²) in [6.07, 6.45) is 1.32. The normalized spacial score (nSPS) is 10.3. The molecule has 1 heterocycles. The Morgan fingerprint density at radius 2 is 2.00 bits per heavy atom. The largest absolute Gasteiger partial charge is 0.478 e. The highest BCUT2D eigenvalue weighted by Gasteiger charge is 2.09. The standard InChI is InChI=1S/C13H10BrNO3/c1-8-2-4-10(14)11(6-8)15-7-9(13(17)18)3-5-12(15)16/h2-7H,1H3,(H,17,18). The number of benzene rings is 1. The summed E-state index contributed by atoms with van der Waals surface area (Å²) in [6, 6.07) is 8.09. The number of carbonyl (C=O) groups is 1. The SMILES string of the molecule is Cc1ccc(Br)c(-n2cc(C(=O)O)ccc2=O)c1. The van der Waals surface area contributed by atoms with E-state index in [0.717, 1.165) is 10.0 Å². The molecule has 0 fully saturated rings. The molecule has 1 N–H and O–H groups in total. The summed E-state index contributed by atoms with van der Waals surface area (Å²) in [6.45, 7) is 1.90. The zero-order valence-corrected chi connectivity index (χ0v) is 11.1. The van der Waals surface area contributed by atoms with Crippen LogP contribution >= 0.6 is 15.9 Å². The Morgan fingerprint density at radius 3 is 2.67 bits per heavy atom. The van der Waals surface area contributed by atoms with Crippen molar-refractivity contribution in [2.45, 2.75) is 6.92 Å². The number of aromatic carboxylic acids is 1. The molecule has 0 unspecified atom stereocenters. The van der Waals surface area contributed by atoms with E-state index >= 15 is 0 Å². The first-order valence-corrected chi connectivity index (χ1v) is 6.01. The highest BCUT2D eigenvalue weighted by Crippen LogP contribution is 2.21. The molecule has 0 aliphatic rings. The van der Waals surface area contributed by atoms with Crippen molar-refractivity contribution in [3.63, 3.8) is 0 Å². The number of halogens is 1. The van der Waals surface area contributed by atoms with Crippen LogP contribution in [0.15, 0.2) is 45.8 Å². The van der Waals surface area contributed by atoms with E-state index in [4.69, 9.17) is 5.11 Å². The van der Waals surface area contributed by atoms with Crippen LogP contribution in [-0.4, -0.2) is 15.6 Å². The minimum atomic E-state index is -1.06. The van der Waals surface area contributed by atoms with Gasteiger partial charge in [0.2, 0.25) is 0 Å². The van der Waals surface area contributed by atoms with Crippen LogP contribution < -0.4 is 5.56 Å². The maximum absolute atomic E-state index is 11.8. The molecule has 0 aliphatic heterocycles. The summed E-state index contributed by atoms with van der Waals surface area (Å²) < 4.78 is 2.05. The van der Waals surface area contributed by atoms with Crippen LogP contribution in [0.25, 0.3) is 5.69 Å². The number of rotatable bonds is 2. The quantitative estimate of drug-likeness (QED) is 0.927. The van der Waals surface area contributed by atoms with Crippen LogP contribution in [0.1, 0.15) is 15.9 Å². The molecule has 0 radical (unpaired) electrons. The van der Waals surface area contributed by atoms with Crippen LogP contribution in [0.4, 0.5) is 0 Å². The number of pyridine rings is 1. The van der Waals surface area contributed by atoms with Crippen LogP contribution in [0.5, 0.6) is 0 Å². The van der Waals surface area contributed by atoms with Crippen molar-refractivity contribution in [2.75, 3.05) is 0 Å². The van der Waals surface area contributed by atoms with Gasteiger partial charge in [-0.2, -0.15) is 0 Å². The van der Waals surface area contributed by atoms with Crippen molar-refractivity contribution in [3.8, 4) is 5.69 Å². The molecule has 0 saturated heterocycles. The van der Waals surface area contributed by atoms with Gasteiger partial charge in [-0.15, -0.1) is 0 Å². The van der Waals surface area contributed by atoms with Gasteiger partial charge in [0.05, 0.1) is 11.3 Å². The fraction of sp³-hybridized carbons (Fsp3) is 0.0769. The van der Waals surface area contributed by atoms with Gasteiger partial charge < -0.3 is 5.11 Å². The molecule has 18 heavy (non-hydrogen) atoms. The highest BCUT2D eigenvalue weighted by molar-refractivity contribution is 9.10. The zero-order valence-electron chi connectivity index (χ0n) is 9.55. The number of aromatic nitrogens is 1. The van der Waals surface area contributed by atoms with Crippen molar-refractivity contribution in [2.24, 2.45) is 0 Å². The van der Waals surface area contributed by atoms with Crippen molar-refractivity contribution < 1.29 is 9.90 Å². The van der Waals surface area contributed by atoms with Crippen LogP contribution in [0, 0.1) is 6.92 Å². The summed E-state index contributed by atoms with van der Waals surface area (Å²) in [7, 11) is 0. The molecule has 0 amide bonds. The van der Waals surface area contributed by atoms with E-state index in [0.29, 0.717) is 5.69 Å². The molecule has 0 saturated carbocycles. The Hall–Kier alpha value is -1.88. The van der Waals surface area contributed by atoms with E-state index in [2.05, 4.69) is 15.9 Å². The third kappa shape index (κ3) is 2.36. The topological polar surface area (TPSA) is 59.3 Å². The Kier molecular flexibility index (Phi) is 3.34.